The van der Waals surface area contributed by atoms with Crippen LogP contribution in [0.2, 0.25) is 0 Å². The Morgan fingerprint density at radius 2 is 1.70 bits per heavy atom. The molecule has 43 heavy (non-hydrogen) atoms. The molecule has 0 radical (unpaired) electrons. The van der Waals surface area contributed by atoms with Gasteiger partial charge in [0, 0.05) is 26.1 Å². The van der Waals surface area contributed by atoms with Crippen LogP contribution in [-0.2, 0) is 24.0 Å². The fourth-order valence-electron chi connectivity index (χ4n) is 4.70. The number of carbonyl (C=O) groups is 5. The second-order valence-corrected chi connectivity index (χ2v) is 11.5. The monoisotopic (exact) mass is 600 g/mol. The maximum atomic E-state index is 13.7. The quantitative estimate of drug-likeness (QED) is 0.141. The molecular formula is C30H48N8O5. The third-order valence-corrected chi connectivity index (χ3v) is 7.50. The SMILES string of the molecule is CCC1NC(=O)C(CCCN=C(N)N)NC(=O)C(C)(NC(=O)C(C)C)CCCCN(C)C(=O)C(c2ccccc2)NC1=O. The summed E-state index contributed by atoms with van der Waals surface area (Å²) in [6, 6.07) is 5.95. The molecule has 1 heterocycles. The second-order valence-electron chi connectivity index (χ2n) is 11.5. The Bertz CT molecular complexity index is 1150. The van der Waals surface area contributed by atoms with Gasteiger partial charge in [-0.05, 0) is 51.0 Å². The van der Waals surface area contributed by atoms with Gasteiger partial charge in [0.1, 0.15) is 23.7 Å². The highest BCUT2D eigenvalue weighted by Gasteiger charge is 2.38. The molecule has 1 fully saturated rings. The molecule has 13 heteroatoms. The Morgan fingerprint density at radius 1 is 1.05 bits per heavy atom. The summed E-state index contributed by atoms with van der Waals surface area (Å²) in [5, 5.41) is 11.2. The summed E-state index contributed by atoms with van der Waals surface area (Å²) in [4.78, 5) is 72.5. The van der Waals surface area contributed by atoms with Crippen molar-refractivity contribution in [3.8, 4) is 0 Å². The first-order chi connectivity index (χ1) is 20.3. The van der Waals surface area contributed by atoms with Gasteiger partial charge in [-0.25, -0.2) is 0 Å². The number of nitrogens with zero attached hydrogens (tertiary/aromatic N) is 2. The third kappa shape index (κ3) is 10.6. The summed E-state index contributed by atoms with van der Waals surface area (Å²) in [6.45, 7) is 7.42. The molecule has 4 unspecified atom stereocenters. The molecule has 2 rings (SSSR count). The minimum atomic E-state index is -1.33. The van der Waals surface area contributed by atoms with Gasteiger partial charge in [-0.2, -0.15) is 0 Å². The predicted molar refractivity (Wildman–Crippen MR) is 164 cm³/mol. The Kier molecular flexibility index (Phi) is 13.4. The molecule has 13 nitrogen and oxygen atoms in total. The van der Waals surface area contributed by atoms with Crippen LogP contribution in [0.1, 0.15) is 77.8 Å². The van der Waals surface area contributed by atoms with Crippen molar-refractivity contribution in [1.29, 1.82) is 0 Å². The molecule has 1 aromatic rings. The van der Waals surface area contributed by atoms with Crippen molar-refractivity contribution in [3.05, 3.63) is 35.9 Å². The van der Waals surface area contributed by atoms with Crippen LogP contribution in [0.25, 0.3) is 0 Å². The molecule has 0 spiro atoms. The first kappa shape index (κ1) is 35.0. The maximum Gasteiger partial charge on any atom is 0.249 e. The van der Waals surface area contributed by atoms with Gasteiger partial charge in [-0.3, -0.25) is 29.0 Å². The highest BCUT2D eigenvalue weighted by atomic mass is 16.2. The number of benzene rings is 1. The van der Waals surface area contributed by atoms with E-state index < -0.39 is 41.4 Å². The van der Waals surface area contributed by atoms with Crippen molar-refractivity contribution in [2.24, 2.45) is 22.4 Å². The molecule has 1 saturated heterocycles. The lowest BCUT2D eigenvalue weighted by Gasteiger charge is -2.33. The van der Waals surface area contributed by atoms with Gasteiger partial charge >= 0.3 is 0 Å². The number of guanidine groups is 1. The topological polar surface area (TPSA) is 201 Å². The number of likely N-dealkylation sites (N-methyl/N-ethyl adjacent to an activating group) is 1. The zero-order valence-electron chi connectivity index (χ0n) is 25.9. The summed E-state index contributed by atoms with van der Waals surface area (Å²) in [5.74, 6) is -2.71. The van der Waals surface area contributed by atoms with Crippen LogP contribution in [0.3, 0.4) is 0 Å². The highest BCUT2D eigenvalue weighted by Crippen LogP contribution is 2.20. The summed E-state index contributed by atoms with van der Waals surface area (Å²) in [7, 11) is 1.66. The van der Waals surface area contributed by atoms with E-state index in [4.69, 9.17) is 11.5 Å². The summed E-state index contributed by atoms with van der Waals surface area (Å²) in [5.41, 5.74) is 10.1. The molecule has 1 aliphatic heterocycles. The largest absolute Gasteiger partial charge is 0.370 e. The van der Waals surface area contributed by atoms with Gasteiger partial charge in [0.25, 0.3) is 0 Å². The van der Waals surface area contributed by atoms with E-state index in [9.17, 15) is 24.0 Å². The van der Waals surface area contributed by atoms with E-state index in [2.05, 4.69) is 26.3 Å². The number of carbonyl (C=O) groups excluding carboxylic acids is 5. The van der Waals surface area contributed by atoms with Gasteiger partial charge in [0.15, 0.2) is 5.96 Å². The molecule has 0 saturated carbocycles. The number of hydrogen-bond acceptors (Lipinski definition) is 6. The number of amides is 5. The summed E-state index contributed by atoms with van der Waals surface area (Å²) in [6.07, 6.45) is 2.10. The van der Waals surface area contributed by atoms with Gasteiger partial charge in [-0.1, -0.05) is 51.1 Å². The first-order valence-electron chi connectivity index (χ1n) is 14.9. The van der Waals surface area contributed by atoms with E-state index in [0.717, 1.165) is 0 Å². The number of nitrogens with two attached hydrogens (primary N) is 2. The Labute approximate surface area is 254 Å². The van der Waals surface area contributed by atoms with E-state index in [1.165, 1.54) is 0 Å². The van der Waals surface area contributed by atoms with Crippen LogP contribution in [0.5, 0.6) is 0 Å². The average Bonchev–Trinajstić information content (AvgIpc) is 2.97. The zero-order valence-corrected chi connectivity index (χ0v) is 25.9. The van der Waals surface area contributed by atoms with Crippen LogP contribution in [0.15, 0.2) is 35.3 Å². The van der Waals surface area contributed by atoms with Gasteiger partial charge in [0.2, 0.25) is 29.5 Å². The molecule has 1 aliphatic rings. The lowest BCUT2D eigenvalue weighted by molar-refractivity contribution is -0.138. The van der Waals surface area contributed by atoms with Crippen LogP contribution in [0.4, 0.5) is 0 Å². The second kappa shape index (κ2) is 16.5. The molecule has 8 N–H and O–H groups in total. The minimum absolute atomic E-state index is 0.0914. The van der Waals surface area contributed by atoms with E-state index in [0.29, 0.717) is 31.4 Å². The van der Waals surface area contributed by atoms with Crippen molar-refractivity contribution in [3.63, 3.8) is 0 Å². The summed E-state index contributed by atoms with van der Waals surface area (Å²) < 4.78 is 0. The molecule has 5 amide bonds. The van der Waals surface area contributed by atoms with Crippen molar-refractivity contribution >= 4 is 35.5 Å². The van der Waals surface area contributed by atoms with Crippen molar-refractivity contribution in [2.45, 2.75) is 89.9 Å². The zero-order chi connectivity index (χ0) is 32.2. The molecular weight excluding hydrogens is 552 g/mol. The smallest absolute Gasteiger partial charge is 0.249 e. The highest BCUT2D eigenvalue weighted by molar-refractivity contribution is 5.97. The van der Waals surface area contributed by atoms with Crippen molar-refractivity contribution < 1.29 is 24.0 Å². The molecule has 0 bridgehead atoms. The van der Waals surface area contributed by atoms with Crippen LogP contribution in [-0.4, -0.2) is 78.2 Å². The minimum Gasteiger partial charge on any atom is -0.370 e. The molecule has 1 aromatic carbocycles. The van der Waals surface area contributed by atoms with E-state index >= 15 is 0 Å². The molecule has 0 aromatic heterocycles. The van der Waals surface area contributed by atoms with E-state index in [-0.39, 0.29) is 49.5 Å². The van der Waals surface area contributed by atoms with Gasteiger partial charge in [-0.15, -0.1) is 0 Å². The molecule has 0 aliphatic carbocycles. The van der Waals surface area contributed by atoms with Crippen LogP contribution < -0.4 is 32.7 Å². The number of nitrogens with one attached hydrogen (secondary N) is 4. The summed E-state index contributed by atoms with van der Waals surface area (Å²) >= 11 is 0. The lowest BCUT2D eigenvalue weighted by atomic mass is 9.91. The van der Waals surface area contributed by atoms with E-state index in [1.54, 1.807) is 63.9 Å². The fourth-order valence-corrected chi connectivity index (χ4v) is 4.70. The standard InChI is InChI=1S/C30H48N8O5/c1-6-21-25(40)36-23(20-13-8-7-9-14-20)27(42)38(5)18-11-10-16-30(4,37-24(39)19(2)3)28(43)35-22(26(41)34-21)15-12-17-33-29(31)32/h7-9,13-14,19,21-23H,6,10-12,15-18H2,1-5H3,(H,34,41)(H,35,43)(H,36,40)(H,37,39)(H4,31,32,33). The van der Waals surface area contributed by atoms with Crippen LogP contribution >= 0.6 is 0 Å². The molecule has 238 valence electrons. The van der Waals surface area contributed by atoms with E-state index in [1.807, 2.05) is 6.07 Å². The first-order valence-corrected chi connectivity index (χ1v) is 14.9. The lowest BCUT2D eigenvalue weighted by Crippen LogP contribution is -2.62. The van der Waals surface area contributed by atoms with Gasteiger partial charge < -0.3 is 37.6 Å². The maximum absolute atomic E-state index is 13.7. The van der Waals surface area contributed by atoms with Crippen molar-refractivity contribution in [1.82, 2.24) is 26.2 Å². The Morgan fingerprint density at radius 3 is 2.30 bits per heavy atom. The average molecular weight is 601 g/mol. The number of aliphatic imine (C=N–C) groups is 1. The Hall–Kier alpha value is -4.16. The van der Waals surface area contributed by atoms with Gasteiger partial charge in [0.05, 0.1) is 0 Å². The van der Waals surface area contributed by atoms with Crippen LogP contribution in [0, 0.1) is 5.92 Å². The predicted octanol–water partition coefficient (Wildman–Crippen LogP) is 0.450. The normalized spacial score (nSPS) is 24.5. The molecule has 4 atom stereocenters. The number of rotatable bonds is 8. The Balaban J connectivity index is 2.47. The third-order valence-electron chi connectivity index (χ3n) is 7.50. The van der Waals surface area contributed by atoms with Crippen molar-refractivity contribution in [2.75, 3.05) is 20.1 Å². The fraction of sp³-hybridized carbons (Fsp3) is 0.600. The number of hydrogen-bond donors (Lipinski definition) is 6.